The minimum absolute atomic E-state index is 0.0949. The quantitative estimate of drug-likeness (QED) is 0.869. The summed E-state index contributed by atoms with van der Waals surface area (Å²) in [6, 6.07) is 7.15. The Morgan fingerprint density at radius 2 is 1.89 bits per heavy atom. The summed E-state index contributed by atoms with van der Waals surface area (Å²) in [5, 5.41) is 0.799. The minimum Gasteiger partial charge on any atom is -0.254 e. The molecule has 0 N–H and O–H groups in total. The lowest BCUT2D eigenvalue weighted by atomic mass is 10.3. The summed E-state index contributed by atoms with van der Waals surface area (Å²) in [5.74, 6) is -1.29. The minimum atomic E-state index is -3.82. The molecule has 6 heteroatoms. The molecule has 0 saturated carbocycles. The van der Waals surface area contributed by atoms with E-state index < -0.39 is 21.5 Å². The molecule has 0 atom stereocenters. The first-order valence-electron chi connectivity index (χ1n) is 5.28. The molecule has 0 radical (unpaired) electrons. The Hall–Kier alpha value is -2.08. The average Bonchev–Trinajstić information content (AvgIpc) is 2.38. The first-order valence-corrected chi connectivity index (χ1v) is 6.83. The molecule has 0 bridgehead atoms. The molecule has 2 rings (SSSR count). The Kier molecular flexibility index (Phi) is 3.71. The van der Waals surface area contributed by atoms with Gasteiger partial charge in [0, 0.05) is 11.6 Å². The fraction of sp³-hybridized carbons (Fsp3) is 0. The Morgan fingerprint density at radius 1 is 1.11 bits per heavy atom. The summed E-state index contributed by atoms with van der Waals surface area (Å²) in [6.45, 7) is 0. The van der Waals surface area contributed by atoms with E-state index in [-0.39, 0.29) is 10.6 Å². The molecule has 19 heavy (non-hydrogen) atoms. The molecular formula is C13H9F2NO2S. The first kappa shape index (κ1) is 13.4. The molecule has 0 fully saturated rings. The van der Waals surface area contributed by atoms with Crippen LogP contribution in [0.1, 0.15) is 5.69 Å². The normalized spacial score (nSPS) is 11.9. The first-order chi connectivity index (χ1) is 8.99. The van der Waals surface area contributed by atoms with Crippen LogP contribution in [0.15, 0.2) is 52.9 Å². The van der Waals surface area contributed by atoms with Gasteiger partial charge in [-0.3, -0.25) is 4.98 Å². The van der Waals surface area contributed by atoms with Gasteiger partial charge in [-0.15, -0.1) is 0 Å². The zero-order valence-corrected chi connectivity index (χ0v) is 10.4. The van der Waals surface area contributed by atoms with Crippen molar-refractivity contribution in [1.29, 1.82) is 0 Å². The van der Waals surface area contributed by atoms with E-state index in [1.807, 2.05) is 0 Å². The molecular weight excluding hydrogens is 272 g/mol. The number of pyridine rings is 1. The Morgan fingerprint density at radius 3 is 2.58 bits per heavy atom. The van der Waals surface area contributed by atoms with E-state index in [1.54, 1.807) is 0 Å². The molecule has 0 aliphatic carbocycles. The summed E-state index contributed by atoms with van der Waals surface area (Å²) in [5.41, 5.74) is -0.0949. The van der Waals surface area contributed by atoms with Gasteiger partial charge in [0.05, 0.1) is 10.6 Å². The number of hydrogen-bond donors (Lipinski definition) is 0. The van der Waals surface area contributed by atoms with Gasteiger partial charge < -0.3 is 0 Å². The van der Waals surface area contributed by atoms with Gasteiger partial charge in [-0.2, -0.15) is 0 Å². The number of benzene rings is 1. The lowest BCUT2D eigenvalue weighted by molar-refractivity contribution is 0.598. The third-order valence-corrected chi connectivity index (χ3v) is 3.72. The molecule has 1 heterocycles. The summed E-state index contributed by atoms with van der Waals surface area (Å²) in [7, 11) is -3.82. The van der Waals surface area contributed by atoms with Crippen LogP contribution in [0.25, 0.3) is 6.08 Å². The predicted octanol–water partition coefficient (Wildman–Crippen LogP) is 2.80. The highest BCUT2D eigenvalue weighted by Gasteiger charge is 2.11. The third kappa shape index (κ3) is 3.23. The molecule has 0 saturated heterocycles. The van der Waals surface area contributed by atoms with Gasteiger partial charge in [-0.25, -0.2) is 17.2 Å². The maximum atomic E-state index is 13.3. The van der Waals surface area contributed by atoms with Gasteiger partial charge in [0.1, 0.15) is 11.6 Å². The van der Waals surface area contributed by atoms with E-state index in [0.717, 1.165) is 23.6 Å². The van der Waals surface area contributed by atoms with Gasteiger partial charge in [0.15, 0.2) is 9.84 Å². The van der Waals surface area contributed by atoms with Crippen molar-refractivity contribution in [2.24, 2.45) is 0 Å². The highest BCUT2D eigenvalue weighted by Crippen LogP contribution is 2.15. The number of halogens is 2. The monoisotopic (exact) mass is 281 g/mol. The number of sulfone groups is 1. The van der Waals surface area contributed by atoms with Crippen molar-refractivity contribution in [1.82, 2.24) is 4.98 Å². The Labute approximate surface area is 109 Å². The molecule has 1 aromatic carbocycles. The molecule has 0 spiro atoms. The van der Waals surface area contributed by atoms with E-state index in [0.29, 0.717) is 0 Å². The molecule has 98 valence electrons. The van der Waals surface area contributed by atoms with E-state index >= 15 is 0 Å². The van der Waals surface area contributed by atoms with Crippen LogP contribution >= 0.6 is 0 Å². The fourth-order valence-electron chi connectivity index (χ4n) is 1.40. The maximum Gasteiger partial charge on any atom is 0.199 e. The van der Waals surface area contributed by atoms with Crippen molar-refractivity contribution in [3.8, 4) is 0 Å². The average molecular weight is 281 g/mol. The van der Waals surface area contributed by atoms with Crippen molar-refractivity contribution in [3.05, 3.63) is 65.3 Å². The standard InChI is InChI=1S/C13H9F2NO2S/c14-10-3-1-4-11(9-10)19(17,18)8-6-13-12(15)5-2-7-16-13/h1-9H. The topological polar surface area (TPSA) is 47.0 Å². The predicted molar refractivity (Wildman–Crippen MR) is 66.8 cm³/mol. The number of rotatable bonds is 3. The second-order valence-corrected chi connectivity index (χ2v) is 5.51. The smallest absolute Gasteiger partial charge is 0.199 e. The van der Waals surface area contributed by atoms with Crippen LogP contribution in [-0.2, 0) is 9.84 Å². The number of hydrogen-bond acceptors (Lipinski definition) is 3. The molecule has 3 nitrogen and oxygen atoms in total. The second kappa shape index (κ2) is 5.27. The molecule has 0 aliphatic rings. The molecule has 0 aliphatic heterocycles. The SMILES string of the molecule is O=S(=O)(C=Cc1ncccc1F)c1cccc(F)c1. The van der Waals surface area contributed by atoms with E-state index in [4.69, 9.17) is 0 Å². The molecule has 0 unspecified atom stereocenters. The molecule has 2 aromatic rings. The fourth-order valence-corrected chi connectivity index (χ4v) is 2.41. The van der Waals surface area contributed by atoms with Crippen LogP contribution in [0.4, 0.5) is 8.78 Å². The maximum absolute atomic E-state index is 13.3. The van der Waals surface area contributed by atoms with Crippen molar-refractivity contribution in [2.75, 3.05) is 0 Å². The lowest BCUT2D eigenvalue weighted by Gasteiger charge is -1.99. The zero-order chi connectivity index (χ0) is 13.9. The van der Waals surface area contributed by atoms with E-state index in [1.165, 1.54) is 30.5 Å². The Bertz CT molecular complexity index is 727. The molecule has 1 aromatic heterocycles. The lowest BCUT2D eigenvalue weighted by Crippen LogP contribution is -1.97. The van der Waals surface area contributed by atoms with Crippen molar-refractivity contribution < 1.29 is 17.2 Å². The Balaban J connectivity index is 2.35. The summed E-state index contributed by atoms with van der Waals surface area (Å²) in [6.07, 6.45) is 2.38. The van der Waals surface area contributed by atoms with Gasteiger partial charge >= 0.3 is 0 Å². The molecule has 0 amide bonds. The number of aromatic nitrogens is 1. The van der Waals surface area contributed by atoms with Crippen LogP contribution in [0.5, 0.6) is 0 Å². The van der Waals surface area contributed by atoms with Crippen LogP contribution in [0, 0.1) is 11.6 Å². The van der Waals surface area contributed by atoms with Gasteiger partial charge in [0.2, 0.25) is 0 Å². The summed E-state index contributed by atoms with van der Waals surface area (Å²) < 4.78 is 50.0. The number of nitrogens with zero attached hydrogens (tertiary/aromatic N) is 1. The van der Waals surface area contributed by atoms with Crippen LogP contribution in [0.2, 0.25) is 0 Å². The van der Waals surface area contributed by atoms with Gasteiger partial charge in [0.25, 0.3) is 0 Å². The summed E-state index contributed by atoms with van der Waals surface area (Å²) in [4.78, 5) is 3.50. The van der Waals surface area contributed by atoms with Crippen molar-refractivity contribution in [2.45, 2.75) is 4.90 Å². The second-order valence-electron chi connectivity index (χ2n) is 3.68. The highest BCUT2D eigenvalue weighted by atomic mass is 32.2. The van der Waals surface area contributed by atoms with Crippen LogP contribution < -0.4 is 0 Å². The van der Waals surface area contributed by atoms with Crippen LogP contribution in [-0.4, -0.2) is 13.4 Å². The van der Waals surface area contributed by atoms with E-state index in [9.17, 15) is 17.2 Å². The highest BCUT2D eigenvalue weighted by molar-refractivity contribution is 7.94. The van der Waals surface area contributed by atoms with Gasteiger partial charge in [-0.1, -0.05) is 6.07 Å². The van der Waals surface area contributed by atoms with E-state index in [2.05, 4.69) is 4.98 Å². The summed E-state index contributed by atoms with van der Waals surface area (Å²) >= 11 is 0. The van der Waals surface area contributed by atoms with Crippen LogP contribution in [0.3, 0.4) is 0 Å². The zero-order valence-electron chi connectivity index (χ0n) is 9.62. The largest absolute Gasteiger partial charge is 0.254 e. The van der Waals surface area contributed by atoms with Crippen molar-refractivity contribution >= 4 is 15.9 Å². The van der Waals surface area contributed by atoms with Gasteiger partial charge in [-0.05, 0) is 36.4 Å². The third-order valence-electron chi connectivity index (χ3n) is 2.32. The van der Waals surface area contributed by atoms with Crippen molar-refractivity contribution in [3.63, 3.8) is 0 Å².